The number of rotatable bonds is 2. The Morgan fingerprint density at radius 2 is 2.20 bits per heavy atom. The quantitative estimate of drug-likeness (QED) is 0.911. The second-order valence-corrected chi connectivity index (χ2v) is 5.80. The van der Waals surface area contributed by atoms with E-state index >= 15 is 0 Å². The van der Waals surface area contributed by atoms with E-state index in [-0.39, 0.29) is 11.9 Å². The van der Waals surface area contributed by atoms with Gasteiger partial charge in [-0.2, -0.15) is 0 Å². The summed E-state index contributed by atoms with van der Waals surface area (Å²) in [5.41, 5.74) is 1.76. The van der Waals surface area contributed by atoms with Crippen molar-refractivity contribution in [1.29, 1.82) is 0 Å². The van der Waals surface area contributed by atoms with Crippen LogP contribution in [0.5, 0.6) is 0 Å². The van der Waals surface area contributed by atoms with Gasteiger partial charge >= 0.3 is 0 Å². The van der Waals surface area contributed by atoms with Gasteiger partial charge in [0.25, 0.3) is 0 Å². The number of nitrogens with one attached hydrogen (secondary N) is 1. The van der Waals surface area contributed by atoms with Crippen molar-refractivity contribution in [2.45, 2.75) is 38.3 Å². The summed E-state index contributed by atoms with van der Waals surface area (Å²) >= 11 is 5.94. The average Bonchev–Trinajstić information content (AvgIpc) is 2.86. The maximum absolute atomic E-state index is 13.5. The zero-order chi connectivity index (χ0) is 14.1. The molecule has 0 saturated carbocycles. The number of benzene rings is 1. The standard InChI is InChI=1S/C15H17ClFN3/c1-10-3-2-4-14(19-10)15-8-18-9-20(15)13-6-11(16)5-12(17)7-13/h5-10,14,19H,2-4H2,1H3. The van der Waals surface area contributed by atoms with Gasteiger partial charge in [-0.25, -0.2) is 9.37 Å². The van der Waals surface area contributed by atoms with E-state index in [1.807, 2.05) is 10.8 Å². The minimum absolute atomic E-state index is 0.253. The van der Waals surface area contributed by atoms with Crippen LogP contribution in [0.2, 0.25) is 5.02 Å². The minimum atomic E-state index is -0.336. The lowest BCUT2D eigenvalue weighted by molar-refractivity contribution is 0.334. The maximum Gasteiger partial charge on any atom is 0.126 e. The first-order chi connectivity index (χ1) is 9.63. The fourth-order valence-electron chi connectivity index (χ4n) is 2.83. The molecule has 0 spiro atoms. The molecule has 0 aliphatic carbocycles. The number of imidazole rings is 1. The normalized spacial score (nSPS) is 22.9. The maximum atomic E-state index is 13.5. The molecular weight excluding hydrogens is 277 g/mol. The Morgan fingerprint density at radius 1 is 1.35 bits per heavy atom. The number of nitrogens with zero attached hydrogens (tertiary/aromatic N) is 2. The lowest BCUT2D eigenvalue weighted by Crippen LogP contribution is -2.35. The van der Waals surface area contributed by atoms with Crippen LogP contribution in [0.4, 0.5) is 4.39 Å². The molecule has 2 aromatic rings. The number of halogens is 2. The second kappa shape index (κ2) is 5.54. The van der Waals surface area contributed by atoms with Gasteiger partial charge in [-0.3, -0.25) is 0 Å². The number of piperidine rings is 1. The van der Waals surface area contributed by atoms with Crippen molar-refractivity contribution in [3.63, 3.8) is 0 Å². The fourth-order valence-corrected chi connectivity index (χ4v) is 3.04. The lowest BCUT2D eigenvalue weighted by Gasteiger charge is -2.29. The summed E-state index contributed by atoms with van der Waals surface area (Å²) in [6, 6.07) is 5.28. The van der Waals surface area contributed by atoms with Crippen molar-refractivity contribution in [3.8, 4) is 5.69 Å². The van der Waals surface area contributed by atoms with Gasteiger partial charge in [-0.15, -0.1) is 0 Å². The smallest absolute Gasteiger partial charge is 0.126 e. The third-order valence-electron chi connectivity index (χ3n) is 3.77. The molecule has 0 bridgehead atoms. The summed E-state index contributed by atoms with van der Waals surface area (Å²) in [6.45, 7) is 2.19. The van der Waals surface area contributed by atoms with E-state index < -0.39 is 0 Å². The molecular formula is C15H17ClFN3. The number of hydrogen-bond acceptors (Lipinski definition) is 2. The molecule has 106 valence electrons. The van der Waals surface area contributed by atoms with Gasteiger partial charge in [0.05, 0.1) is 23.9 Å². The molecule has 5 heteroatoms. The number of aromatic nitrogens is 2. The fraction of sp³-hybridized carbons (Fsp3) is 0.400. The summed E-state index contributed by atoms with van der Waals surface area (Å²) in [5.74, 6) is -0.336. The van der Waals surface area contributed by atoms with E-state index in [2.05, 4.69) is 17.2 Å². The van der Waals surface area contributed by atoms with E-state index in [4.69, 9.17) is 11.6 Å². The Bertz CT molecular complexity index is 591. The van der Waals surface area contributed by atoms with E-state index in [1.54, 1.807) is 12.4 Å². The van der Waals surface area contributed by atoms with E-state index in [0.29, 0.717) is 16.8 Å². The van der Waals surface area contributed by atoms with Crippen molar-refractivity contribution in [3.05, 3.63) is 47.3 Å². The summed E-state index contributed by atoms with van der Waals surface area (Å²) in [5, 5.41) is 3.96. The summed E-state index contributed by atoms with van der Waals surface area (Å²) < 4.78 is 15.4. The minimum Gasteiger partial charge on any atom is -0.306 e. The molecule has 1 fully saturated rings. The zero-order valence-electron chi connectivity index (χ0n) is 11.3. The van der Waals surface area contributed by atoms with Crippen molar-refractivity contribution >= 4 is 11.6 Å². The number of hydrogen-bond donors (Lipinski definition) is 1. The van der Waals surface area contributed by atoms with Gasteiger partial charge in [0.15, 0.2) is 0 Å². The van der Waals surface area contributed by atoms with Gasteiger partial charge in [0.2, 0.25) is 0 Å². The monoisotopic (exact) mass is 293 g/mol. The molecule has 1 aromatic heterocycles. The molecule has 2 unspecified atom stereocenters. The largest absolute Gasteiger partial charge is 0.306 e. The second-order valence-electron chi connectivity index (χ2n) is 5.37. The molecule has 2 heterocycles. The molecule has 1 N–H and O–H groups in total. The molecule has 1 aliphatic heterocycles. The van der Waals surface area contributed by atoms with E-state index in [9.17, 15) is 4.39 Å². The van der Waals surface area contributed by atoms with Crippen LogP contribution in [0.25, 0.3) is 5.69 Å². The highest BCUT2D eigenvalue weighted by molar-refractivity contribution is 6.30. The van der Waals surface area contributed by atoms with Crippen LogP contribution in [0.1, 0.15) is 37.9 Å². The Balaban J connectivity index is 1.97. The summed E-state index contributed by atoms with van der Waals surface area (Å²) in [6.07, 6.45) is 7.00. The van der Waals surface area contributed by atoms with E-state index in [0.717, 1.165) is 12.1 Å². The highest BCUT2D eigenvalue weighted by Crippen LogP contribution is 2.28. The van der Waals surface area contributed by atoms with Crippen molar-refractivity contribution < 1.29 is 4.39 Å². The summed E-state index contributed by atoms with van der Waals surface area (Å²) in [4.78, 5) is 4.22. The van der Waals surface area contributed by atoms with Crippen LogP contribution >= 0.6 is 11.6 Å². The van der Waals surface area contributed by atoms with Crippen LogP contribution in [0.15, 0.2) is 30.7 Å². The van der Waals surface area contributed by atoms with Crippen molar-refractivity contribution in [2.24, 2.45) is 0 Å². The van der Waals surface area contributed by atoms with Gasteiger partial charge < -0.3 is 9.88 Å². The predicted octanol–water partition coefficient (Wildman–Crippen LogP) is 3.87. The Labute approximate surface area is 122 Å². The molecule has 0 amide bonds. The van der Waals surface area contributed by atoms with E-state index in [1.165, 1.54) is 25.0 Å². The first-order valence-corrected chi connectivity index (χ1v) is 7.26. The molecule has 0 radical (unpaired) electrons. The third kappa shape index (κ3) is 2.72. The predicted molar refractivity (Wildman–Crippen MR) is 77.7 cm³/mol. The Hall–Kier alpha value is -1.39. The van der Waals surface area contributed by atoms with Gasteiger partial charge in [0.1, 0.15) is 5.82 Å². The highest BCUT2D eigenvalue weighted by atomic mass is 35.5. The molecule has 1 aliphatic rings. The molecule has 20 heavy (non-hydrogen) atoms. The first kappa shape index (κ1) is 13.6. The lowest BCUT2D eigenvalue weighted by atomic mass is 9.97. The van der Waals surface area contributed by atoms with Gasteiger partial charge in [-0.05, 0) is 44.4 Å². The average molecular weight is 294 g/mol. The topological polar surface area (TPSA) is 29.9 Å². The van der Waals surface area contributed by atoms with Crippen LogP contribution in [-0.4, -0.2) is 15.6 Å². The molecule has 1 saturated heterocycles. The third-order valence-corrected chi connectivity index (χ3v) is 3.98. The highest BCUT2D eigenvalue weighted by Gasteiger charge is 2.22. The Morgan fingerprint density at radius 3 is 2.95 bits per heavy atom. The van der Waals surface area contributed by atoms with Gasteiger partial charge in [-0.1, -0.05) is 11.6 Å². The van der Waals surface area contributed by atoms with Crippen molar-refractivity contribution in [1.82, 2.24) is 14.9 Å². The van der Waals surface area contributed by atoms with Crippen LogP contribution < -0.4 is 5.32 Å². The Kier molecular flexibility index (Phi) is 3.76. The van der Waals surface area contributed by atoms with Gasteiger partial charge in [0, 0.05) is 17.1 Å². The van der Waals surface area contributed by atoms with Crippen molar-refractivity contribution in [2.75, 3.05) is 0 Å². The van der Waals surface area contributed by atoms with Crippen LogP contribution in [0, 0.1) is 5.82 Å². The molecule has 3 nitrogen and oxygen atoms in total. The van der Waals surface area contributed by atoms with Crippen LogP contribution in [0.3, 0.4) is 0 Å². The first-order valence-electron chi connectivity index (χ1n) is 6.88. The SMILES string of the molecule is CC1CCCC(c2cncn2-c2cc(F)cc(Cl)c2)N1. The van der Waals surface area contributed by atoms with Crippen LogP contribution in [-0.2, 0) is 0 Å². The summed E-state index contributed by atoms with van der Waals surface area (Å²) in [7, 11) is 0. The molecule has 1 aromatic carbocycles. The zero-order valence-corrected chi connectivity index (χ0v) is 12.1. The molecule has 2 atom stereocenters. The molecule has 3 rings (SSSR count).